The van der Waals surface area contributed by atoms with Crippen molar-refractivity contribution >= 4 is 17.8 Å². The number of nitrogens with one attached hydrogen (secondary N) is 1. The maximum absolute atomic E-state index is 12.5. The van der Waals surface area contributed by atoms with Gasteiger partial charge in [0.25, 0.3) is 11.5 Å². The van der Waals surface area contributed by atoms with Crippen molar-refractivity contribution < 1.29 is 19.1 Å². The first kappa shape index (κ1) is 15.1. The van der Waals surface area contributed by atoms with E-state index in [-0.39, 0.29) is 54.4 Å². The van der Waals surface area contributed by atoms with E-state index in [1.165, 1.54) is 28.8 Å². The molecule has 0 unspecified atom stereocenters. The molecule has 3 rings (SSSR count). The lowest BCUT2D eigenvalue weighted by atomic mass is 10.1. The third-order valence-electron chi connectivity index (χ3n) is 4.03. The number of urea groups is 1. The van der Waals surface area contributed by atoms with Crippen molar-refractivity contribution in [3.63, 3.8) is 0 Å². The summed E-state index contributed by atoms with van der Waals surface area (Å²) in [6.07, 6.45) is 1.42. The van der Waals surface area contributed by atoms with Crippen LogP contribution in [0.5, 0.6) is 5.75 Å². The fourth-order valence-electron chi connectivity index (χ4n) is 2.70. The number of carbonyl (C=O) groups is 3. The van der Waals surface area contributed by atoms with Gasteiger partial charge in [-0.25, -0.2) is 4.79 Å². The van der Waals surface area contributed by atoms with Crippen LogP contribution in [-0.2, 0) is 11.8 Å². The van der Waals surface area contributed by atoms with Crippen molar-refractivity contribution in [2.24, 2.45) is 7.05 Å². The first-order valence-corrected chi connectivity index (χ1v) is 7.06. The number of hydrogen-bond donors (Lipinski definition) is 1. The Kier molecular flexibility index (Phi) is 3.55. The fraction of sp³-hybridized carbons (Fsp3) is 0.429. The molecule has 0 radical (unpaired) electrons. The number of rotatable bonds is 3. The molecular formula is C14H16N4O5. The monoisotopic (exact) mass is 320 g/mol. The molecule has 9 nitrogen and oxygen atoms in total. The van der Waals surface area contributed by atoms with E-state index < -0.39 is 6.03 Å². The zero-order chi connectivity index (χ0) is 16.7. The highest BCUT2D eigenvalue weighted by Crippen LogP contribution is 2.23. The molecule has 2 saturated heterocycles. The highest BCUT2D eigenvalue weighted by Gasteiger charge is 2.43. The molecule has 0 saturated carbocycles. The van der Waals surface area contributed by atoms with E-state index >= 15 is 0 Å². The summed E-state index contributed by atoms with van der Waals surface area (Å²) in [4.78, 5) is 50.0. The molecule has 0 spiro atoms. The number of likely N-dealkylation sites (tertiary alicyclic amines) is 1. The molecule has 0 bridgehead atoms. The molecule has 1 N–H and O–H groups in total. The van der Waals surface area contributed by atoms with Crippen LogP contribution in [0.3, 0.4) is 0 Å². The van der Waals surface area contributed by atoms with Gasteiger partial charge in [-0.05, 0) is 0 Å². The van der Waals surface area contributed by atoms with E-state index in [1.54, 1.807) is 7.05 Å². The second-order valence-electron chi connectivity index (χ2n) is 5.49. The Morgan fingerprint density at radius 1 is 1.30 bits per heavy atom. The van der Waals surface area contributed by atoms with Gasteiger partial charge in [-0.3, -0.25) is 19.3 Å². The number of amides is 4. The average Bonchev–Trinajstić information content (AvgIpc) is 2.80. The van der Waals surface area contributed by atoms with Crippen LogP contribution in [0.15, 0.2) is 17.1 Å². The van der Waals surface area contributed by atoms with Crippen molar-refractivity contribution in [2.45, 2.75) is 6.04 Å². The van der Waals surface area contributed by atoms with Crippen LogP contribution < -0.4 is 15.6 Å². The van der Waals surface area contributed by atoms with E-state index in [9.17, 15) is 19.2 Å². The smallest absolute Gasteiger partial charge is 0.324 e. The van der Waals surface area contributed by atoms with Gasteiger partial charge < -0.3 is 19.5 Å². The van der Waals surface area contributed by atoms with Crippen LogP contribution in [0, 0.1) is 0 Å². The average molecular weight is 320 g/mol. The molecule has 4 amide bonds. The topological polar surface area (TPSA) is 101 Å². The summed E-state index contributed by atoms with van der Waals surface area (Å²) in [6, 6.07) is 0.515. The molecule has 2 aliphatic rings. The van der Waals surface area contributed by atoms with Crippen molar-refractivity contribution in [1.82, 2.24) is 19.7 Å². The number of imide groups is 1. The highest BCUT2D eigenvalue weighted by atomic mass is 16.5. The van der Waals surface area contributed by atoms with Crippen LogP contribution in [0.25, 0.3) is 0 Å². The first-order chi connectivity index (χ1) is 10.9. The molecular weight excluding hydrogens is 304 g/mol. The van der Waals surface area contributed by atoms with Crippen molar-refractivity contribution in [3.05, 3.63) is 28.2 Å². The molecule has 0 aromatic carbocycles. The molecule has 0 aliphatic carbocycles. The van der Waals surface area contributed by atoms with Crippen LogP contribution in [0.4, 0.5) is 4.79 Å². The maximum Gasteiger partial charge on any atom is 0.324 e. The minimum Gasteiger partial charge on any atom is -0.496 e. The van der Waals surface area contributed by atoms with Gasteiger partial charge >= 0.3 is 6.03 Å². The molecule has 3 heterocycles. The van der Waals surface area contributed by atoms with Crippen molar-refractivity contribution in [2.75, 3.05) is 26.7 Å². The molecule has 2 fully saturated rings. The van der Waals surface area contributed by atoms with E-state index in [2.05, 4.69) is 5.32 Å². The van der Waals surface area contributed by atoms with Crippen molar-refractivity contribution in [1.29, 1.82) is 0 Å². The van der Waals surface area contributed by atoms with Gasteiger partial charge in [0.05, 0.1) is 25.3 Å². The Morgan fingerprint density at radius 2 is 2.00 bits per heavy atom. The molecule has 1 aromatic heterocycles. The summed E-state index contributed by atoms with van der Waals surface area (Å²) in [7, 11) is 2.93. The van der Waals surface area contributed by atoms with Gasteiger partial charge in [0.2, 0.25) is 5.91 Å². The number of nitrogens with zero attached hydrogens (tertiary/aromatic N) is 3. The van der Waals surface area contributed by atoms with Gasteiger partial charge in [0, 0.05) is 32.4 Å². The summed E-state index contributed by atoms with van der Waals surface area (Å²) in [5, 5.41) is 2.45. The van der Waals surface area contributed by atoms with Gasteiger partial charge in [-0.1, -0.05) is 0 Å². The second kappa shape index (κ2) is 5.41. The normalized spacial score (nSPS) is 18.0. The molecule has 9 heteroatoms. The van der Waals surface area contributed by atoms with E-state index in [4.69, 9.17) is 4.74 Å². The van der Waals surface area contributed by atoms with E-state index in [1.807, 2.05) is 0 Å². The third-order valence-corrected chi connectivity index (χ3v) is 4.03. The van der Waals surface area contributed by atoms with Crippen LogP contribution in [0.1, 0.15) is 10.4 Å². The van der Waals surface area contributed by atoms with Crippen molar-refractivity contribution in [3.8, 4) is 5.75 Å². The highest BCUT2D eigenvalue weighted by molar-refractivity contribution is 6.03. The summed E-state index contributed by atoms with van der Waals surface area (Å²) < 4.78 is 6.39. The Bertz CT molecular complexity index is 734. The lowest BCUT2D eigenvalue weighted by molar-refractivity contribution is -0.128. The van der Waals surface area contributed by atoms with Gasteiger partial charge in [-0.15, -0.1) is 0 Å². The van der Waals surface area contributed by atoms with Crippen LogP contribution in [0.2, 0.25) is 0 Å². The maximum atomic E-state index is 12.5. The predicted molar refractivity (Wildman–Crippen MR) is 78.2 cm³/mol. The van der Waals surface area contributed by atoms with Crippen LogP contribution in [-0.4, -0.2) is 65.0 Å². The number of methoxy groups -OCH3 is 1. The number of aromatic nitrogens is 1. The molecule has 1 aromatic rings. The molecule has 23 heavy (non-hydrogen) atoms. The Morgan fingerprint density at radius 3 is 2.57 bits per heavy atom. The lowest BCUT2D eigenvalue weighted by Gasteiger charge is -2.42. The molecule has 122 valence electrons. The lowest BCUT2D eigenvalue weighted by Crippen LogP contribution is -2.62. The number of pyridine rings is 1. The Balaban J connectivity index is 1.74. The Hall–Kier alpha value is -2.84. The zero-order valence-corrected chi connectivity index (χ0v) is 12.7. The summed E-state index contributed by atoms with van der Waals surface area (Å²) in [6.45, 7) is 0.534. The quantitative estimate of drug-likeness (QED) is 0.703. The standard InChI is InChI=1S/C14H16N4O5/c1-16-7-9(10(23-2)3-11(16)19)13(21)17-5-8(6-17)18-12(20)4-15-14(18)22/h3,7-8H,4-6H2,1-2H3,(H,15,22). The minimum atomic E-state index is -0.424. The third kappa shape index (κ3) is 2.43. The summed E-state index contributed by atoms with van der Waals surface area (Å²) >= 11 is 0. The Labute approximate surface area is 131 Å². The number of ether oxygens (including phenoxy) is 1. The van der Waals surface area contributed by atoms with Crippen LogP contribution >= 0.6 is 0 Å². The molecule has 2 aliphatic heterocycles. The number of hydrogen-bond acceptors (Lipinski definition) is 5. The number of aryl methyl sites for hydroxylation is 1. The van der Waals surface area contributed by atoms with Gasteiger partial charge in [0.15, 0.2) is 0 Å². The summed E-state index contributed by atoms with van der Waals surface area (Å²) in [5.41, 5.74) is -0.00975. The second-order valence-corrected chi connectivity index (χ2v) is 5.49. The van der Waals surface area contributed by atoms with Gasteiger partial charge in [0.1, 0.15) is 5.75 Å². The number of carbonyl (C=O) groups excluding carboxylic acids is 3. The SMILES string of the molecule is COc1cc(=O)n(C)cc1C(=O)N1CC(N2C(=O)CNC2=O)C1. The first-order valence-electron chi connectivity index (χ1n) is 7.06. The predicted octanol–water partition coefficient (Wildman–Crippen LogP) is -1.23. The molecule has 0 atom stereocenters. The largest absolute Gasteiger partial charge is 0.496 e. The minimum absolute atomic E-state index is 0.00208. The summed E-state index contributed by atoms with van der Waals surface area (Å²) in [5.74, 6) is -0.385. The van der Waals surface area contributed by atoms with E-state index in [0.717, 1.165) is 4.90 Å². The van der Waals surface area contributed by atoms with Gasteiger partial charge in [-0.2, -0.15) is 0 Å². The zero-order valence-electron chi connectivity index (χ0n) is 12.7. The van der Waals surface area contributed by atoms with E-state index in [0.29, 0.717) is 0 Å². The fourth-order valence-corrected chi connectivity index (χ4v) is 2.70.